The molecule has 0 radical (unpaired) electrons. The van der Waals surface area contributed by atoms with Gasteiger partial charge in [0.15, 0.2) is 0 Å². The fraction of sp³-hybridized carbons (Fsp3) is 0.0714. The van der Waals surface area contributed by atoms with Gasteiger partial charge in [-0.2, -0.15) is 0 Å². The second kappa shape index (κ2) is 5.78. The topological polar surface area (TPSA) is 29.1 Å². The van der Waals surface area contributed by atoms with E-state index in [0.29, 0.717) is 12.1 Å². The highest BCUT2D eigenvalue weighted by molar-refractivity contribution is 9.10. The minimum absolute atomic E-state index is 0.280. The lowest BCUT2D eigenvalue weighted by Crippen LogP contribution is -2.22. The van der Waals surface area contributed by atoms with Crippen molar-refractivity contribution in [2.45, 2.75) is 6.54 Å². The average Bonchev–Trinajstić information content (AvgIpc) is 2.38. The van der Waals surface area contributed by atoms with Gasteiger partial charge in [-0.15, -0.1) is 0 Å². The highest BCUT2D eigenvalue weighted by Crippen LogP contribution is 2.10. The molecule has 0 unspecified atom stereocenters. The SMILES string of the molecule is O=C(NCc1ccc(Br)cc1)c1cccc(F)c1. The number of halogens is 2. The van der Waals surface area contributed by atoms with E-state index < -0.39 is 5.82 Å². The van der Waals surface area contributed by atoms with E-state index in [1.807, 2.05) is 24.3 Å². The van der Waals surface area contributed by atoms with Gasteiger partial charge in [-0.3, -0.25) is 4.79 Å². The summed E-state index contributed by atoms with van der Waals surface area (Å²) in [5.74, 6) is -0.691. The molecular formula is C14H11BrFNO. The monoisotopic (exact) mass is 307 g/mol. The number of rotatable bonds is 3. The van der Waals surface area contributed by atoms with Crippen LogP contribution in [0.3, 0.4) is 0 Å². The van der Waals surface area contributed by atoms with Crippen molar-refractivity contribution >= 4 is 21.8 Å². The molecule has 2 aromatic rings. The molecule has 0 spiro atoms. The molecule has 0 aliphatic carbocycles. The molecule has 0 saturated heterocycles. The minimum Gasteiger partial charge on any atom is -0.348 e. The quantitative estimate of drug-likeness (QED) is 0.923. The first kappa shape index (κ1) is 12.8. The van der Waals surface area contributed by atoms with Crippen LogP contribution >= 0.6 is 15.9 Å². The predicted octanol–water partition coefficient (Wildman–Crippen LogP) is 3.52. The van der Waals surface area contributed by atoms with Crippen molar-refractivity contribution in [1.82, 2.24) is 5.32 Å². The fourth-order valence-electron chi connectivity index (χ4n) is 1.52. The summed E-state index contributed by atoms with van der Waals surface area (Å²) in [5, 5.41) is 2.74. The van der Waals surface area contributed by atoms with Crippen LogP contribution < -0.4 is 5.32 Å². The smallest absolute Gasteiger partial charge is 0.251 e. The van der Waals surface area contributed by atoms with Gasteiger partial charge in [-0.05, 0) is 35.9 Å². The highest BCUT2D eigenvalue weighted by Gasteiger charge is 2.05. The van der Waals surface area contributed by atoms with Crippen molar-refractivity contribution in [3.8, 4) is 0 Å². The second-order valence-electron chi connectivity index (χ2n) is 3.82. The van der Waals surface area contributed by atoms with Gasteiger partial charge < -0.3 is 5.32 Å². The fourth-order valence-corrected chi connectivity index (χ4v) is 1.78. The standard InChI is InChI=1S/C14H11BrFNO/c15-12-6-4-10(5-7-12)9-17-14(18)11-2-1-3-13(16)8-11/h1-8H,9H2,(H,17,18). The Morgan fingerprint density at radius 1 is 1.17 bits per heavy atom. The molecule has 2 aromatic carbocycles. The Morgan fingerprint density at radius 2 is 1.89 bits per heavy atom. The zero-order valence-electron chi connectivity index (χ0n) is 9.49. The van der Waals surface area contributed by atoms with Gasteiger partial charge in [0.2, 0.25) is 0 Å². The van der Waals surface area contributed by atoms with Gasteiger partial charge in [-0.25, -0.2) is 4.39 Å². The Kier molecular flexibility index (Phi) is 4.10. The summed E-state index contributed by atoms with van der Waals surface area (Å²) in [7, 11) is 0. The molecule has 0 bridgehead atoms. The molecule has 2 rings (SSSR count). The molecule has 1 N–H and O–H groups in total. The molecule has 0 aromatic heterocycles. The number of hydrogen-bond acceptors (Lipinski definition) is 1. The Bertz CT molecular complexity index is 554. The van der Waals surface area contributed by atoms with Crippen LogP contribution in [0.15, 0.2) is 53.0 Å². The Hall–Kier alpha value is -1.68. The van der Waals surface area contributed by atoms with E-state index >= 15 is 0 Å². The maximum Gasteiger partial charge on any atom is 0.251 e. The molecule has 0 heterocycles. The molecule has 0 atom stereocenters. The first-order chi connectivity index (χ1) is 8.65. The molecule has 0 fully saturated rings. The third kappa shape index (κ3) is 3.40. The summed E-state index contributed by atoms with van der Waals surface area (Å²) in [6, 6.07) is 13.3. The summed E-state index contributed by atoms with van der Waals surface area (Å²) < 4.78 is 13.9. The first-order valence-corrected chi connectivity index (χ1v) is 6.22. The van der Waals surface area contributed by atoms with Gasteiger partial charge in [0, 0.05) is 16.6 Å². The molecular weight excluding hydrogens is 297 g/mol. The molecule has 0 aliphatic heterocycles. The van der Waals surface area contributed by atoms with Crippen molar-refractivity contribution in [3.05, 3.63) is 69.9 Å². The van der Waals surface area contributed by atoms with E-state index in [1.54, 1.807) is 6.07 Å². The highest BCUT2D eigenvalue weighted by atomic mass is 79.9. The van der Waals surface area contributed by atoms with Crippen LogP contribution in [0.2, 0.25) is 0 Å². The van der Waals surface area contributed by atoms with E-state index in [2.05, 4.69) is 21.2 Å². The first-order valence-electron chi connectivity index (χ1n) is 5.43. The van der Waals surface area contributed by atoms with Crippen molar-refractivity contribution in [2.75, 3.05) is 0 Å². The van der Waals surface area contributed by atoms with Crippen LogP contribution in [0.1, 0.15) is 15.9 Å². The molecule has 1 amide bonds. The number of nitrogens with one attached hydrogen (secondary N) is 1. The van der Waals surface area contributed by atoms with Gasteiger partial charge >= 0.3 is 0 Å². The van der Waals surface area contributed by atoms with Crippen molar-refractivity contribution in [3.63, 3.8) is 0 Å². The van der Waals surface area contributed by atoms with Crippen LogP contribution in [0.4, 0.5) is 4.39 Å². The van der Waals surface area contributed by atoms with E-state index in [9.17, 15) is 9.18 Å². The maximum atomic E-state index is 12.9. The number of benzene rings is 2. The predicted molar refractivity (Wildman–Crippen MR) is 71.7 cm³/mol. The lowest BCUT2D eigenvalue weighted by Gasteiger charge is -2.05. The summed E-state index contributed by atoms with van der Waals surface area (Å²) in [6.45, 7) is 0.419. The van der Waals surface area contributed by atoms with E-state index in [4.69, 9.17) is 0 Å². The lowest BCUT2D eigenvalue weighted by atomic mass is 10.2. The third-order valence-electron chi connectivity index (χ3n) is 2.45. The van der Waals surface area contributed by atoms with Gasteiger partial charge in [0.1, 0.15) is 5.82 Å². The Labute approximate surface area is 113 Å². The summed E-state index contributed by atoms with van der Waals surface area (Å²) >= 11 is 3.34. The zero-order chi connectivity index (χ0) is 13.0. The van der Waals surface area contributed by atoms with Gasteiger partial charge in [0.25, 0.3) is 5.91 Å². The maximum absolute atomic E-state index is 12.9. The van der Waals surface area contributed by atoms with E-state index in [0.717, 1.165) is 10.0 Å². The molecule has 18 heavy (non-hydrogen) atoms. The second-order valence-corrected chi connectivity index (χ2v) is 4.74. The normalized spacial score (nSPS) is 10.1. The molecule has 2 nitrogen and oxygen atoms in total. The van der Waals surface area contributed by atoms with Gasteiger partial charge in [0.05, 0.1) is 0 Å². The number of carbonyl (C=O) groups is 1. The van der Waals surface area contributed by atoms with Crippen LogP contribution in [-0.2, 0) is 6.54 Å². The summed E-state index contributed by atoms with van der Waals surface area (Å²) in [6.07, 6.45) is 0. The van der Waals surface area contributed by atoms with E-state index in [-0.39, 0.29) is 5.91 Å². The van der Waals surface area contributed by atoms with Crippen LogP contribution in [0, 0.1) is 5.82 Å². The Balaban J connectivity index is 1.98. The molecule has 0 aliphatic rings. The van der Waals surface area contributed by atoms with Crippen molar-refractivity contribution in [2.24, 2.45) is 0 Å². The van der Waals surface area contributed by atoms with Crippen LogP contribution in [0.25, 0.3) is 0 Å². The van der Waals surface area contributed by atoms with E-state index in [1.165, 1.54) is 18.2 Å². The number of amides is 1. The molecule has 4 heteroatoms. The van der Waals surface area contributed by atoms with Crippen molar-refractivity contribution in [1.29, 1.82) is 0 Å². The lowest BCUT2D eigenvalue weighted by molar-refractivity contribution is 0.0950. The van der Waals surface area contributed by atoms with Crippen LogP contribution in [-0.4, -0.2) is 5.91 Å². The Morgan fingerprint density at radius 3 is 2.56 bits per heavy atom. The average molecular weight is 308 g/mol. The third-order valence-corrected chi connectivity index (χ3v) is 2.98. The summed E-state index contributed by atoms with van der Waals surface area (Å²) in [5.41, 5.74) is 1.31. The van der Waals surface area contributed by atoms with Crippen molar-refractivity contribution < 1.29 is 9.18 Å². The molecule has 92 valence electrons. The number of hydrogen-bond donors (Lipinski definition) is 1. The largest absolute Gasteiger partial charge is 0.348 e. The van der Waals surface area contributed by atoms with Gasteiger partial charge in [-0.1, -0.05) is 34.1 Å². The minimum atomic E-state index is -0.411. The summed E-state index contributed by atoms with van der Waals surface area (Å²) in [4.78, 5) is 11.8. The molecule has 0 saturated carbocycles. The number of carbonyl (C=O) groups excluding carboxylic acids is 1. The van der Waals surface area contributed by atoms with Crippen LogP contribution in [0.5, 0.6) is 0 Å². The zero-order valence-corrected chi connectivity index (χ0v) is 11.1.